The number of hydrogen-bond acceptors (Lipinski definition) is 7. The van der Waals surface area contributed by atoms with Crippen LogP contribution in [0.5, 0.6) is 0 Å². The molecule has 1 aromatic heterocycles. The second-order valence-corrected chi connectivity index (χ2v) is 10.7. The maximum Gasteiger partial charge on any atom is 0.335 e. The second kappa shape index (κ2) is 14.0. The topological polar surface area (TPSA) is 204 Å². The molecule has 0 saturated heterocycles. The Morgan fingerprint density at radius 3 is 2.08 bits per heavy atom. The summed E-state index contributed by atoms with van der Waals surface area (Å²) in [4.78, 5) is 40.3. The van der Waals surface area contributed by atoms with Gasteiger partial charge in [0.2, 0.25) is 21.8 Å². The molecular weight excluding hydrogens is 536 g/mol. The lowest BCUT2D eigenvalue weighted by Gasteiger charge is -2.19. The molecule has 2 amide bonds. The summed E-state index contributed by atoms with van der Waals surface area (Å²) in [5.74, 6) is -2.80. The molecule has 13 heteroatoms. The largest absolute Gasteiger partial charge is 0.478 e. The molecule has 210 valence electrons. The van der Waals surface area contributed by atoms with E-state index in [4.69, 9.17) is 16.2 Å². The lowest BCUT2D eigenvalue weighted by atomic mass is 10.1. The van der Waals surface area contributed by atoms with E-state index in [0.29, 0.717) is 17.5 Å². The van der Waals surface area contributed by atoms with E-state index >= 15 is 0 Å². The van der Waals surface area contributed by atoms with Gasteiger partial charge < -0.3 is 21.5 Å². The molecule has 7 N–H and O–H groups in total. The average molecular weight is 567 g/mol. The number of carboxylic acids is 1. The number of amides is 2. The highest BCUT2D eigenvalue weighted by Gasteiger charge is 2.25. The van der Waals surface area contributed by atoms with Crippen molar-refractivity contribution in [3.8, 4) is 0 Å². The summed E-state index contributed by atoms with van der Waals surface area (Å²) in [7, 11) is -4.01. The molecule has 0 aliphatic heterocycles. The number of nitrogens with zero attached hydrogens (tertiary/aromatic N) is 1. The molecule has 0 fully saturated rings. The van der Waals surface area contributed by atoms with Crippen LogP contribution in [0.3, 0.4) is 0 Å². The van der Waals surface area contributed by atoms with E-state index in [2.05, 4.69) is 20.3 Å². The number of carbonyl (C=O) groups is 3. The van der Waals surface area contributed by atoms with Crippen molar-refractivity contribution in [2.75, 3.05) is 6.54 Å². The fraction of sp³-hybridized carbons (Fsp3) is 0.222. The van der Waals surface area contributed by atoms with Gasteiger partial charge in [-0.15, -0.1) is 0 Å². The van der Waals surface area contributed by atoms with Crippen molar-refractivity contribution in [3.63, 3.8) is 0 Å². The molecule has 0 radical (unpaired) electrons. The molecule has 1 heterocycles. The van der Waals surface area contributed by atoms with Crippen LogP contribution in [-0.4, -0.2) is 54.7 Å². The van der Waals surface area contributed by atoms with E-state index in [1.807, 2.05) is 0 Å². The smallest absolute Gasteiger partial charge is 0.335 e. The Kier molecular flexibility index (Phi) is 10.4. The molecular formula is C27H30N6O6S. The molecule has 12 nitrogen and oxygen atoms in total. The Morgan fingerprint density at radius 1 is 0.875 bits per heavy atom. The van der Waals surface area contributed by atoms with Crippen molar-refractivity contribution in [3.05, 3.63) is 101 Å². The van der Waals surface area contributed by atoms with Gasteiger partial charge in [0, 0.05) is 24.5 Å². The summed E-state index contributed by atoms with van der Waals surface area (Å²) in [5.41, 5.74) is 7.98. The Balaban J connectivity index is 1.60. The third kappa shape index (κ3) is 9.60. The molecule has 0 aliphatic rings. The highest BCUT2D eigenvalue weighted by atomic mass is 32.2. The van der Waals surface area contributed by atoms with E-state index in [0.717, 1.165) is 11.1 Å². The van der Waals surface area contributed by atoms with Crippen LogP contribution in [0.1, 0.15) is 39.0 Å². The highest BCUT2D eigenvalue weighted by molar-refractivity contribution is 7.88. The number of carbonyl (C=O) groups excluding carboxylic acids is 2. The number of aromatic carboxylic acids is 1. The van der Waals surface area contributed by atoms with Crippen molar-refractivity contribution in [1.29, 1.82) is 5.41 Å². The Morgan fingerprint density at radius 2 is 1.48 bits per heavy atom. The number of amidine groups is 1. The summed E-state index contributed by atoms with van der Waals surface area (Å²) < 4.78 is 28.2. The monoisotopic (exact) mass is 566 g/mol. The molecule has 0 spiro atoms. The zero-order valence-corrected chi connectivity index (χ0v) is 22.3. The van der Waals surface area contributed by atoms with Gasteiger partial charge in [-0.25, -0.2) is 17.9 Å². The first-order valence-corrected chi connectivity index (χ1v) is 13.9. The Bertz CT molecular complexity index is 1450. The van der Waals surface area contributed by atoms with Crippen LogP contribution in [0.25, 0.3) is 0 Å². The Hall–Kier alpha value is -4.62. The number of benzene rings is 2. The van der Waals surface area contributed by atoms with Gasteiger partial charge in [0.05, 0.1) is 17.9 Å². The summed E-state index contributed by atoms with van der Waals surface area (Å²) in [5, 5.41) is 21.6. The standard InChI is InChI=1S/C27H30N6O6S/c28-25(29)21-6-1-19(2-7-21)15-31-24(34)16-32-26(35)23(10-5-18-11-13-30-14-12-18)33-40(38,39)17-20-3-8-22(9-4-20)27(36)37/h1-4,6-9,11-14,23,33H,5,10,15-17H2,(H3,28,29)(H,31,34)(H,32,35)(H,36,37). The molecule has 0 saturated carbocycles. The van der Waals surface area contributed by atoms with Crippen molar-refractivity contribution >= 4 is 33.6 Å². The molecule has 1 unspecified atom stereocenters. The van der Waals surface area contributed by atoms with Crippen LogP contribution < -0.4 is 21.1 Å². The van der Waals surface area contributed by atoms with Crippen LogP contribution in [-0.2, 0) is 38.3 Å². The van der Waals surface area contributed by atoms with Gasteiger partial charge in [0.1, 0.15) is 11.9 Å². The van der Waals surface area contributed by atoms with Crippen molar-refractivity contribution in [2.45, 2.75) is 31.2 Å². The molecule has 2 aromatic carbocycles. The number of hydrogen-bond donors (Lipinski definition) is 6. The number of nitrogen functional groups attached to an aromatic ring is 1. The normalized spacial score (nSPS) is 11.8. The van der Waals surface area contributed by atoms with Crippen LogP contribution in [0.4, 0.5) is 0 Å². The maximum absolute atomic E-state index is 13.0. The van der Waals surface area contributed by atoms with Crippen LogP contribution in [0.2, 0.25) is 0 Å². The average Bonchev–Trinajstić information content (AvgIpc) is 2.93. The second-order valence-electron chi connectivity index (χ2n) is 8.93. The van der Waals surface area contributed by atoms with Gasteiger partial charge in [-0.05, 0) is 53.8 Å². The van der Waals surface area contributed by atoms with Gasteiger partial charge in [-0.2, -0.15) is 0 Å². The summed E-state index contributed by atoms with van der Waals surface area (Å²) in [6, 6.07) is 14.5. The number of rotatable bonds is 14. The first-order valence-electron chi connectivity index (χ1n) is 12.2. The van der Waals surface area contributed by atoms with Crippen LogP contribution in [0.15, 0.2) is 73.1 Å². The lowest BCUT2D eigenvalue weighted by Crippen LogP contribution is -2.49. The van der Waals surface area contributed by atoms with E-state index in [9.17, 15) is 22.8 Å². The van der Waals surface area contributed by atoms with E-state index < -0.39 is 39.6 Å². The highest BCUT2D eigenvalue weighted by Crippen LogP contribution is 2.11. The third-order valence-electron chi connectivity index (χ3n) is 5.84. The minimum atomic E-state index is -4.01. The van der Waals surface area contributed by atoms with Crippen LogP contribution in [0, 0.1) is 5.41 Å². The number of pyridine rings is 1. The fourth-order valence-corrected chi connectivity index (χ4v) is 5.05. The predicted octanol–water partition coefficient (Wildman–Crippen LogP) is 0.917. The Labute approximate surface area is 231 Å². The molecule has 1 atom stereocenters. The number of carboxylic acid groups (broad SMARTS) is 1. The quantitative estimate of drug-likeness (QED) is 0.122. The zero-order valence-electron chi connectivity index (χ0n) is 21.5. The minimum Gasteiger partial charge on any atom is -0.478 e. The number of sulfonamides is 1. The van der Waals surface area contributed by atoms with Gasteiger partial charge in [0.25, 0.3) is 0 Å². The predicted molar refractivity (Wildman–Crippen MR) is 148 cm³/mol. The SMILES string of the molecule is N=C(N)c1ccc(CNC(=O)CNC(=O)C(CCc2ccncc2)NS(=O)(=O)Cc2ccc(C(=O)O)cc2)cc1. The van der Waals surface area contributed by atoms with Gasteiger partial charge in [-0.3, -0.25) is 20.0 Å². The van der Waals surface area contributed by atoms with E-state index in [1.54, 1.807) is 48.8 Å². The summed E-state index contributed by atoms with van der Waals surface area (Å²) in [6.45, 7) is -0.180. The van der Waals surface area contributed by atoms with Crippen molar-refractivity contribution in [2.24, 2.45) is 5.73 Å². The van der Waals surface area contributed by atoms with Crippen molar-refractivity contribution < 1.29 is 27.9 Å². The van der Waals surface area contributed by atoms with Gasteiger partial charge in [0.15, 0.2) is 0 Å². The molecule has 40 heavy (non-hydrogen) atoms. The zero-order chi connectivity index (χ0) is 29.1. The van der Waals surface area contributed by atoms with E-state index in [1.165, 1.54) is 24.3 Å². The van der Waals surface area contributed by atoms with Crippen molar-refractivity contribution in [1.82, 2.24) is 20.3 Å². The number of nitrogens with two attached hydrogens (primary N) is 1. The number of aryl methyl sites for hydroxylation is 1. The van der Waals surface area contributed by atoms with E-state index in [-0.39, 0.29) is 30.9 Å². The molecule has 0 bridgehead atoms. The number of nitrogens with one attached hydrogen (secondary N) is 4. The molecule has 3 rings (SSSR count). The van der Waals surface area contributed by atoms with Crippen LogP contribution >= 0.6 is 0 Å². The molecule has 0 aliphatic carbocycles. The fourth-order valence-electron chi connectivity index (χ4n) is 3.68. The lowest BCUT2D eigenvalue weighted by molar-refractivity contribution is -0.127. The molecule has 3 aromatic rings. The first-order chi connectivity index (χ1) is 19.0. The number of aromatic nitrogens is 1. The van der Waals surface area contributed by atoms with Gasteiger partial charge in [-0.1, -0.05) is 36.4 Å². The first kappa shape index (κ1) is 29.9. The third-order valence-corrected chi connectivity index (χ3v) is 7.20. The van der Waals surface area contributed by atoms with Gasteiger partial charge >= 0.3 is 5.97 Å². The minimum absolute atomic E-state index is 0.0232. The maximum atomic E-state index is 13.0. The summed E-state index contributed by atoms with van der Waals surface area (Å²) in [6.07, 6.45) is 3.68. The summed E-state index contributed by atoms with van der Waals surface area (Å²) >= 11 is 0.